The van der Waals surface area contributed by atoms with Crippen LogP contribution in [0.1, 0.15) is 28.7 Å². The summed E-state index contributed by atoms with van der Waals surface area (Å²) in [5.41, 5.74) is 2.88. The predicted octanol–water partition coefficient (Wildman–Crippen LogP) is 7.69. The molecule has 312 valence electrons. The van der Waals surface area contributed by atoms with Crippen LogP contribution < -0.4 is 29.1 Å². The normalized spacial score (nSPS) is 17.4. The molecule has 7 aromatic rings. The number of aliphatic hydroxyl groups excluding tert-OH is 3. The van der Waals surface area contributed by atoms with Gasteiger partial charge in [0.05, 0.1) is 18.8 Å². The molecule has 0 unspecified atom stereocenters. The maximum absolute atomic E-state index is 14.6. The molecule has 0 spiro atoms. The van der Waals surface area contributed by atoms with Crippen LogP contribution in [0.3, 0.4) is 0 Å². The molecule has 1 aromatic heterocycles. The van der Waals surface area contributed by atoms with Gasteiger partial charge in [-0.25, -0.2) is 0 Å². The van der Waals surface area contributed by atoms with Crippen molar-refractivity contribution in [2.24, 2.45) is 0 Å². The lowest BCUT2D eigenvalue weighted by molar-refractivity contribution is -0.240. The zero-order chi connectivity index (χ0) is 42.1. The molecular formula is C49H44O12. The molecule has 6 aromatic carbocycles. The van der Waals surface area contributed by atoms with Crippen LogP contribution in [-0.4, -0.2) is 51.6 Å². The summed E-state index contributed by atoms with van der Waals surface area (Å²) in [4.78, 5) is 14.6. The summed E-state index contributed by atoms with van der Waals surface area (Å²) in [7, 11) is 0. The number of fused-ring (bicyclic) bond motifs is 1. The van der Waals surface area contributed by atoms with E-state index >= 15 is 0 Å². The van der Waals surface area contributed by atoms with Crippen molar-refractivity contribution in [2.45, 2.75) is 57.5 Å². The number of aliphatic hydroxyl groups is 3. The van der Waals surface area contributed by atoms with E-state index in [4.69, 9.17) is 32.8 Å². The van der Waals surface area contributed by atoms with Crippen LogP contribution in [0.5, 0.6) is 34.5 Å². The molecular weight excluding hydrogens is 781 g/mol. The summed E-state index contributed by atoms with van der Waals surface area (Å²) < 4.78 is 44.0. The van der Waals surface area contributed by atoms with Crippen molar-refractivity contribution in [2.75, 3.05) is 6.61 Å². The lowest BCUT2D eigenvalue weighted by Crippen LogP contribution is -2.52. The second-order valence-electron chi connectivity index (χ2n) is 14.5. The van der Waals surface area contributed by atoms with Gasteiger partial charge in [-0.1, -0.05) is 121 Å². The highest BCUT2D eigenvalue weighted by Crippen LogP contribution is 2.46. The molecule has 0 aliphatic carbocycles. The lowest BCUT2D eigenvalue weighted by atomic mass is 10.0. The van der Waals surface area contributed by atoms with Gasteiger partial charge in [0.1, 0.15) is 55.0 Å². The van der Waals surface area contributed by atoms with Gasteiger partial charge in [0, 0.05) is 24.1 Å². The van der Waals surface area contributed by atoms with Crippen LogP contribution in [0.2, 0.25) is 0 Å². The van der Waals surface area contributed by atoms with Gasteiger partial charge < -0.3 is 53.3 Å². The first-order valence-electron chi connectivity index (χ1n) is 19.8. The predicted molar refractivity (Wildman–Crippen MR) is 226 cm³/mol. The van der Waals surface area contributed by atoms with Gasteiger partial charge in [0.2, 0.25) is 23.2 Å². The summed E-state index contributed by atoms with van der Waals surface area (Å²) in [6.45, 7) is 0.120. The highest BCUT2D eigenvalue weighted by Gasteiger charge is 2.39. The molecule has 0 bridgehead atoms. The van der Waals surface area contributed by atoms with Crippen molar-refractivity contribution in [3.05, 3.63) is 178 Å². The number of phenols is 1. The first-order valence-corrected chi connectivity index (χ1v) is 19.8. The highest BCUT2D eigenvalue weighted by atomic mass is 16.7. The van der Waals surface area contributed by atoms with Crippen LogP contribution >= 0.6 is 0 Å². The maximum atomic E-state index is 14.6. The van der Waals surface area contributed by atoms with E-state index in [-0.39, 0.29) is 78.1 Å². The number of hydrogen-bond acceptors (Lipinski definition) is 12. The molecule has 4 atom stereocenters. The fourth-order valence-electron chi connectivity index (χ4n) is 6.89. The van der Waals surface area contributed by atoms with E-state index in [1.165, 1.54) is 12.1 Å². The minimum atomic E-state index is -1.62. The number of rotatable bonds is 16. The van der Waals surface area contributed by atoms with Gasteiger partial charge in [0.15, 0.2) is 17.3 Å². The Kier molecular flexibility index (Phi) is 12.8. The Bertz CT molecular complexity index is 2520. The molecule has 1 aliphatic rings. The Morgan fingerprint density at radius 3 is 1.61 bits per heavy atom. The standard InChI is InChI=1S/C49H44O12/c50-26-37-24-39(52)44(53)49(59-37)61-48-45(54)43-38(51)23-36(55-27-31-13-5-1-6-14-31)25-40(43)60-46(48)35-21-41(56-28-32-15-7-2-8-16-32)47(58-30-34-19-11-4-12-20-34)42(22-35)57-29-33-17-9-3-10-18-33/h1-23,25,37,39,44,49-53H,24,26-30H2/t37-,39-,44+,49-/m0/s1. The van der Waals surface area contributed by atoms with Gasteiger partial charge in [-0.2, -0.15) is 0 Å². The SMILES string of the molecule is O=c1c(O[C@@H]2O[C@H](CO)C[C@H](O)[C@H]2O)c(-c2cc(OCc3ccccc3)c(OCc3ccccc3)c(OCc3ccccc3)c2)oc2cc(OCc3ccccc3)cc(O)c12. The summed E-state index contributed by atoms with van der Waals surface area (Å²) in [5, 5.41) is 42.7. The van der Waals surface area contributed by atoms with Gasteiger partial charge >= 0.3 is 0 Å². The van der Waals surface area contributed by atoms with Crippen molar-refractivity contribution in [3.8, 4) is 45.8 Å². The quantitative estimate of drug-likeness (QED) is 0.0752. The minimum absolute atomic E-state index is 0.0447. The van der Waals surface area contributed by atoms with Crippen molar-refractivity contribution in [1.29, 1.82) is 0 Å². The molecule has 12 heteroatoms. The summed E-state index contributed by atoms with van der Waals surface area (Å²) >= 11 is 0. The number of hydrogen-bond donors (Lipinski definition) is 4. The Morgan fingerprint density at radius 1 is 0.607 bits per heavy atom. The zero-order valence-electron chi connectivity index (χ0n) is 33.0. The molecule has 1 fully saturated rings. The molecule has 1 aliphatic heterocycles. The van der Waals surface area contributed by atoms with Gasteiger partial charge in [-0.15, -0.1) is 0 Å². The number of phenolic OH excluding ortho intramolecular Hbond substituents is 1. The van der Waals surface area contributed by atoms with Crippen molar-refractivity contribution in [1.82, 2.24) is 0 Å². The van der Waals surface area contributed by atoms with E-state index in [0.29, 0.717) is 0 Å². The third-order valence-corrected chi connectivity index (χ3v) is 10.1. The molecule has 2 heterocycles. The van der Waals surface area contributed by atoms with E-state index in [1.807, 2.05) is 121 Å². The second kappa shape index (κ2) is 19.0. The summed E-state index contributed by atoms with van der Waals surface area (Å²) in [6.07, 6.45) is -5.56. The first-order chi connectivity index (χ1) is 29.8. The molecule has 0 radical (unpaired) electrons. The smallest absolute Gasteiger partial charge is 0.239 e. The van der Waals surface area contributed by atoms with Crippen molar-refractivity contribution < 1.29 is 53.3 Å². The van der Waals surface area contributed by atoms with E-state index in [0.717, 1.165) is 22.3 Å². The monoisotopic (exact) mass is 824 g/mol. The van der Waals surface area contributed by atoms with Gasteiger partial charge in [-0.3, -0.25) is 4.79 Å². The Balaban J connectivity index is 1.29. The summed E-state index contributed by atoms with van der Waals surface area (Å²) in [5.74, 6) is -0.0938. The average molecular weight is 825 g/mol. The molecule has 4 N–H and O–H groups in total. The van der Waals surface area contributed by atoms with E-state index in [2.05, 4.69) is 0 Å². The van der Waals surface area contributed by atoms with Crippen LogP contribution in [0.25, 0.3) is 22.3 Å². The van der Waals surface area contributed by atoms with Gasteiger partial charge in [-0.05, 0) is 34.4 Å². The molecule has 61 heavy (non-hydrogen) atoms. The number of ether oxygens (including phenoxy) is 6. The molecule has 0 saturated carbocycles. The zero-order valence-corrected chi connectivity index (χ0v) is 33.0. The highest BCUT2D eigenvalue weighted by molar-refractivity contribution is 5.88. The first kappa shape index (κ1) is 40.9. The molecule has 1 saturated heterocycles. The Labute approximate surface area is 351 Å². The van der Waals surface area contributed by atoms with Crippen LogP contribution in [0, 0.1) is 0 Å². The Hall–Kier alpha value is -6.83. The number of benzene rings is 6. The maximum Gasteiger partial charge on any atom is 0.239 e. The third-order valence-electron chi connectivity index (χ3n) is 10.1. The lowest BCUT2D eigenvalue weighted by Gasteiger charge is -2.36. The van der Waals surface area contributed by atoms with Gasteiger partial charge in [0.25, 0.3) is 0 Å². The van der Waals surface area contributed by atoms with Crippen molar-refractivity contribution in [3.63, 3.8) is 0 Å². The Morgan fingerprint density at radius 2 is 1.10 bits per heavy atom. The third kappa shape index (κ3) is 9.80. The van der Waals surface area contributed by atoms with E-state index in [9.17, 15) is 25.2 Å². The topological polar surface area (TPSA) is 167 Å². The van der Waals surface area contributed by atoms with E-state index < -0.39 is 48.1 Å². The van der Waals surface area contributed by atoms with E-state index in [1.54, 1.807) is 12.1 Å². The largest absolute Gasteiger partial charge is 0.507 e. The number of aromatic hydroxyl groups is 1. The molecule has 8 rings (SSSR count). The average Bonchev–Trinajstić information content (AvgIpc) is 3.29. The molecule has 12 nitrogen and oxygen atoms in total. The van der Waals surface area contributed by atoms with Crippen LogP contribution in [0.4, 0.5) is 0 Å². The van der Waals surface area contributed by atoms with Crippen LogP contribution in [0.15, 0.2) is 155 Å². The fraction of sp³-hybridized carbons (Fsp3) is 0.204. The minimum Gasteiger partial charge on any atom is -0.507 e. The summed E-state index contributed by atoms with van der Waals surface area (Å²) in [6, 6.07) is 44.2. The fourth-order valence-corrected chi connectivity index (χ4v) is 6.89. The molecule has 0 amide bonds. The van der Waals surface area contributed by atoms with Crippen molar-refractivity contribution >= 4 is 11.0 Å². The van der Waals surface area contributed by atoms with Crippen LogP contribution in [-0.2, 0) is 31.2 Å². The second-order valence-corrected chi connectivity index (χ2v) is 14.5.